The second kappa shape index (κ2) is 23.6. The highest BCUT2D eigenvalue weighted by atomic mass is 16.8. The van der Waals surface area contributed by atoms with E-state index in [4.69, 9.17) is 37.9 Å². The highest BCUT2D eigenvalue weighted by Gasteiger charge is 2.56. The summed E-state index contributed by atoms with van der Waals surface area (Å²) >= 11 is 0. The number of ether oxygens (including phenoxy) is 9. The quantitative estimate of drug-likeness (QED) is 0.0401. The summed E-state index contributed by atoms with van der Waals surface area (Å²) in [6, 6.07) is -1.55. The number of amides is 1. The summed E-state index contributed by atoms with van der Waals surface area (Å²) in [6.45, 7) is 0.0312. The largest absolute Gasteiger partial charge is 0.469 e. The van der Waals surface area contributed by atoms with Gasteiger partial charge in [-0.2, -0.15) is 0 Å². The van der Waals surface area contributed by atoms with Crippen LogP contribution in [0.4, 0.5) is 0 Å². The van der Waals surface area contributed by atoms with Crippen LogP contribution in [-0.2, 0) is 52.2 Å². The minimum Gasteiger partial charge on any atom is -0.469 e. The third-order valence-corrected chi connectivity index (χ3v) is 10.8. The van der Waals surface area contributed by atoms with Crippen molar-refractivity contribution < 1.29 is 108 Å². The van der Waals surface area contributed by atoms with Gasteiger partial charge in [0, 0.05) is 20.0 Å². The van der Waals surface area contributed by atoms with Crippen LogP contribution in [0.2, 0.25) is 0 Å². The van der Waals surface area contributed by atoms with E-state index in [-0.39, 0.29) is 12.6 Å². The Kier molecular flexibility index (Phi) is 19.9. The molecule has 0 radical (unpaired) electrons. The number of hydrogen-bond acceptors (Lipinski definition) is 22. The van der Waals surface area contributed by atoms with Gasteiger partial charge in [-0.25, -0.2) is 0 Å². The number of nitrogens with one attached hydrogen (secondary N) is 1. The molecule has 0 aliphatic carbocycles. The highest BCUT2D eigenvalue weighted by molar-refractivity contribution is 5.73. The number of hydrogen-bond donors (Lipinski definition) is 12. The van der Waals surface area contributed by atoms with E-state index in [0.717, 1.165) is 32.6 Å². The molecule has 4 saturated heterocycles. The van der Waals surface area contributed by atoms with Gasteiger partial charge in [-0.05, 0) is 19.8 Å². The second-order valence-corrected chi connectivity index (χ2v) is 15.2. The van der Waals surface area contributed by atoms with E-state index in [1.54, 1.807) is 0 Å². The van der Waals surface area contributed by atoms with Crippen molar-refractivity contribution in [3.05, 3.63) is 0 Å². The van der Waals surface area contributed by atoms with Crippen LogP contribution in [0, 0.1) is 0 Å². The van der Waals surface area contributed by atoms with E-state index < -0.39 is 148 Å². The maximum Gasteiger partial charge on any atom is 0.305 e. The van der Waals surface area contributed by atoms with Crippen LogP contribution < -0.4 is 5.32 Å². The first-order valence-electron chi connectivity index (χ1n) is 19.9. The molecule has 0 spiro atoms. The molecule has 0 aromatic heterocycles. The van der Waals surface area contributed by atoms with Gasteiger partial charge in [0.25, 0.3) is 0 Å². The van der Waals surface area contributed by atoms with Crippen LogP contribution >= 0.6 is 0 Å². The Labute approximate surface area is 340 Å². The summed E-state index contributed by atoms with van der Waals surface area (Å²) in [5, 5.41) is 120. The van der Waals surface area contributed by atoms with E-state index in [0.29, 0.717) is 19.3 Å². The van der Waals surface area contributed by atoms with Crippen molar-refractivity contribution in [3.63, 3.8) is 0 Å². The number of aliphatic hydroxyl groups excluding tert-OH is 11. The van der Waals surface area contributed by atoms with Gasteiger partial charge in [0.05, 0.1) is 33.0 Å². The van der Waals surface area contributed by atoms with E-state index in [1.165, 1.54) is 14.0 Å². The number of carbonyl (C=O) groups is 2. The first-order valence-corrected chi connectivity index (χ1v) is 19.9. The SMILES string of the molecule is COC(=O)CCCCCCCCO[C@@H]1O[C@H](CO)[C@H](O)[C@H](O[C@@H]2O[C@H](CO)[C@H](O)[C@H](O[C@H]3O[C@H](CO)[C@H](O)[C@H](O)[C@H]3NC(C)=O)[C@H]2O[C@@H]2O[C@@H](C)[C@@H](O)[C@@H](O)[C@@H]2O)[C@H]1O. The zero-order valence-electron chi connectivity index (χ0n) is 33.2. The molecule has 0 bridgehead atoms. The molecule has 4 rings (SSSR count). The lowest BCUT2D eigenvalue weighted by Crippen LogP contribution is -2.69. The van der Waals surface area contributed by atoms with Crippen molar-refractivity contribution in [2.75, 3.05) is 33.5 Å². The van der Waals surface area contributed by atoms with Gasteiger partial charge in [-0.1, -0.05) is 25.7 Å². The average molecular weight is 862 g/mol. The predicted molar refractivity (Wildman–Crippen MR) is 192 cm³/mol. The minimum atomic E-state index is -1.94. The van der Waals surface area contributed by atoms with Gasteiger partial charge in [0.15, 0.2) is 25.2 Å². The third kappa shape index (κ3) is 12.6. The van der Waals surface area contributed by atoms with Gasteiger partial charge in [0.1, 0.15) is 91.5 Å². The molecule has 23 heteroatoms. The Morgan fingerprint density at radius 3 is 1.68 bits per heavy atom. The molecular weight excluding hydrogens is 798 g/mol. The lowest BCUT2D eigenvalue weighted by atomic mass is 9.94. The van der Waals surface area contributed by atoms with Gasteiger partial charge in [0.2, 0.25) is 5.91 Å². The van der Waals surface area contributed by atoms with Crippen LogP contribution in [0.3, 0.4) is 0 Å². The molecule has 12 N–H and O–H groups in total. The fourth-order valence-corrected chi connectivity index (χ4v) is 7.36. The molecule has 1 amide bonds. The number of esters is 1. The molecule has 0 saturated carbocycles. The van der Waals surface area contributed by atoms with E-state index >= 15 is 0 Å². The van der Waals surface area contributed by atoms with Crippen LogP contribution in [0.25, 0.3) is 0 Å². The normalized spacial score (nSPS) is 42.9. The van der Waals surface area contributed by atoms with Crippen LogP contribution in [0.1, 0.15) is 58.8 Å². The van der Waals surface area contributed by atoms with Crippen molar-refractivity contribution in [2.24, 2.45) is 0 Å². The maximum absolute atomic E-state index is 12.2. The lowest BCUT2D eigenvalue weighted by Gasteiger charge is -2.51. The third-order valence-electron chi connectivity index (χ3n) is 10.8. The molecule has 20 atom stereocenters. The van der Waals surface area contributed by atoms with E-state index in [9.17, 15) is 65.8 Å². The van der Waals surface area contributed by atoms with Crippen molar-refractivity contribution >= 4 is 11.9 Å². The molecular formula is C36H63NO22. The van der Waals surface area contributed by atoms with Gasteiger partial charge >= 0.3 is 5.97 Å². The van der Waals surface area contributed by atoms with Gasteiger partial charge < -0.3 is 104 Å². The first-order chi connectivity index (χ1) is 28.1. The summed E-state index contributed by atoms with van der Waals surface area (Å²) in [4.78, 5) is 23.4. The molecule has 0 unspecified atom stereocenters. The number of carbonyl (C=O) groups excluding carboxylic acids is 2. The van der Waals surface area contributed by atoms with Crippen molar-refractivity contribution in [1.29, 1.82) is 0 Å². The Morgan fingerprint density at radius 1 is 0.542 bits per heavy atom. The molecule has 4 fully saturated rings. The maximum atomic E-state index is 12.2. The molecule has 4 aliphatic heterocycles. The minimum absolute atomic E-state index is 0.0840. The molecule has 4 heterocycles. The number of methoxy groups -OCH3 is 1. The predicted octanol–water partition coefficient (Wildman–Crippen LogP) is -5.65. The van der Waals surface area contributed by atoms with Gasteiger partial charge in [-0.3, -0.25) is 9.59 Å². The zero-order chi connectivity index (χ0) is 43.6. The Balaban J connectivity index is 1.58. The fraction of sp³-hybridized carbons (Fsp3) is 0.944. The van der Waals surface area contributed by atoms with Crippen molar-refractivity contribution in [3.8, 4) is 0 Å². The second-order valence-electron chi connectivity index (χ2n) is 15.2. The van der Waals surface area contributed by atoms with Crippen molar-refractivity contribution in [2.45, 2.75) is 182 Å². The Bertz CT molecular complexity index is 1270. The summed E-state index contributed by atoms with van der Waals surface area (Å²) in [5.41, 5.74) is 0. The summed E-state index contributed by atoms with van der Waals surface area (Å²) < 4.78 is 51.6. The lowest BCUT2D eigenvalue weighted by molar-refractivity contribution is -0.401. The fourth-order valence-electron chi connectivity index (χ4n) is 7.36. The summed E-state index contributed by atoms with van der Waals surface area (Å²) in [7, 11) is 1.33. The number of aliphatic hydroxyl groups is 11. The van der Waals surface area contributed by atoms with Gasteiger partial charge in [-0.15, -0.1) is 0 Å². The van der Waals surface area contributed by atoms with Crippen LogP contribution in [0.15, 0.2) is 0 Å². The first kappa shape index (κ1) is 49.8. The molecule has 59 heavy (non-hydrogen) atoms. The topological polar surface area (TPSA) is 352 Å². The smallest absolute Gasteiger partial charge is 0.305 e. The molecule has 0 aromatic carbocycles. The van der Waals surface area contributed by atoms with E-state index in [2.05, 4.69) is 10.1 Å². The molecule has 344 valence electrons. The highest BCUT2D eigenvalue weighted by Crippen LogP contribution is 2.36. The number of rotatable bonds is 20. The van der Waals surface area contributed by atoms with Crippen LogP contribution in [0.5, 0.6) is 0 Å². The zero-order valence-corrected chi connectivity index (χ0v) is 33.2. The molecule has 4 aliphatic rings. The van der Waals surface area contributed by atoms with E-state index in [1.807, 2.05) is 0 Å². The average Bonchev–Trinajstić information content (AvgIpc) is 3.21. The monoisotopic (exact) mass is 861 g/mol. The standard InChI is InChI=1S/C36H63NO22/c1-15-22(43)27(48)28(49)35(53-15)59-32-31(58-33-21(37-16(2)41)26(47)23(44)17(12-38)54-33)25(46)19(14-40)56-36(32)57-30-24(45)18(13-39)55-34(29(30)50)52-11-9-7-5-4-6-8-10-20(42)51-3/h15,17-19,21-36,38-40,43-50H,4-14H2,1-3H3,(H,37,41)/t15-,17+,18+,19+,21+,22+,23-,24-,25-,26+,27+,28-,29+,30-,31-,32+,33+,34+,35-,36-/m0/s1. The van der Waals surface area contributed by atoms with Crippen molar-refractivity contribution in [1.82, 2.24) is 5.32 Å². The van der Waals surface area contributed by atoms with Crippen LogP contribution in [-0.4, -0.2) is 224 Å². The number of unbranched alkanes of at least 4 members (excludes halogenated alkanes) is 5. The molecule has 23 nitrogen and oxygen atoms in total. The Morgan fingerprint density at radius 2 is 1.07 bits per heavy atom. The Hall–Kier alpha value is -1.82. The summed E-state index contributed by atoms with van der Waals surface area (Å²) in [6.07, 6.45) is -27.4. The summed E-state index contributed by atoms with van der Waals surface area (Å²) in [5.74, 6) is -0.978. The molecule has 0 aromatic rings.